The minimum absolute atomic E-state index is 0.880. The molecule has 0 amide bonds. The maximum atomic E-state index is 4.89. The zero-order chi connectivity index (χ0) is 24.0. The van der Waals surface area contributed by atoms with Crippen molar-refractivity contribution in [3.8, 4) is 11.1 Å². The van der Waals surface area contributed by atoms with Gasteiger partial charge in [-0.1, -0.05) is 122 Å². The molecule has 1 heterocycles. The summed E-state index contributed by atoms with van der Waals surface area (Å²) in [5, 5.41) is 0. The van der Waals surface area contributed by atoms with Crippen molar-refractivity contribution < 1.29 is 0 Å². The van der Waals surface area contributed by atoms with E-state index < -0.39 is 0 Å². The fourth-order valence-corrected chi connectivity index (χ4v) is 5.78. The second kappa shape index (κ2) is 15.3. The molecule has 1 aliphatic rings. The Kier molecular flexibility index (Phi) is 12.1. The van der Waals surface area contributed by atoms with E-state index in [4.69, 9.17) is 9.97 Å². The minimum atomic E-state index is 0.880. The van der Waals surface area contributed by atoms with Gasteiger partial charge in [0.15, 0.2) is 0 Å². The Balaban J connectivity index is 1.40. The number of benzene rings is 1. The fraction of sp³-hybridized carbons (Fsp3) is 0.688. The molecule has 188 valence electrons. The van der Waals surface area contributed by atoms with Gasteiger partial charge in [0.1, 0.15) is 5.82 Å². The van der Waals surface area contributed by atoms with Crippen molar-refractivity contribution in [3.05, 3.63) is 47.5 Å². The second-order valence-corrected chi connectivity index (χ2v) is 10.9. The van der Waals surface area contributed by atoms with Crippen LogP contribution < -0.4 is 0 Å². The Bertz CT molecular complexity index is 802. The number of hydrogen-bond donors (Lipinski definition) is 0. The number of nitrogens with zero attached hydrogens (tertiary/aromatic N) is 2. The lowest BCUT2D eigenvalue weighted by Crippen LogP contribution is -2.15. The maximum Gasteiger partial charge on any atom is 0.128 e. The van der Waals surface area contributed by atoms with E-state index in [2.05, 4.69) is 51.2 Å². The summed E-state index contributed by atoms with van der Waals surface area (Å²) in [7, 11) is 0. The highest BCUT2D eigenvalue weighted by atomic mass is 14.9. The van der Waals surface area contributed by atoms with Gasteiger partial charge in [-0.15, -0.1) is 0 Å². The predicted octanol–water partition coefficient (Wildman–Crippen LogP) is 9.67. The van der Waals surface area contributed by atoms with Crippen molar-refractivity contribution in [2.75, 3.05) is 0 Å². The Morgan fingerprint density at radius 1 is 0.706 bits per heavy atom. The molecule has 1 aromatic carbocycles. The lowest BCUT2D eigenvalue weighted by Gasteiger charge is -2.28. The number of unbranched alkanes of at least 4 members (excludes halogenated alkanes) is 7. The summed E-state index contributed by atoms with van der Waals surface area (Å²) in [5.41, 5.74) is 5.01. The molecular weight excluding hydrogens is 412 g/mol. The quantitative estimate of drug-likeness (QED) is 0.246. The normalized spacial score (nSPS) is 18.3. The third kappa shape index (κ3) is 9.16. The molecule has 2 aromatic rings. The van der Waals surface area contributed by atoms with Crippen LogP contribution in [0.25, 0.3) is 11.1 Å². The molecule has 0 unspecified atom stereocenters. The van der Waals surface area contributed by atoms with Gasteiger partial charge in [-0.3, -0.25) is 0 Å². The first-order valence-electron chi connectivity index (χ1n) is 14.6. The van der Waals surface area contributed by atoms with Crippen molar-refractivity contribution in [3.63, 3.8) is 0 Å². The molecule has 0 atom stereocenters. The van der Waals surface area contributed by atoms with Crippen LogP contribution in [-0.2, 0) is 12.8 Å². The lowest BCUT2D eigenvalue weighted by molar-refractivity contribution is 0.251. The van der Waals surface area contributed by atoms with Gasteiger partial charge in [0.05, 0.1) is 0 Å². The highest BCUT2D eigenvalue weighted by molar-refractivity contribution is 5.65. The molecule has 0 saturated heterocycles. The summed E-state index contributed by atoms with van der Waals surface area (Å²) >= 11 is 0. The molecule has 1 aliphatic carbocycles. The highest BCUT2D eigenvalue weighted by Gasteiger charge is 2.20. The van der Waals surface area contributed by atoms with Crippen LogP contribution in [0, 0.1) is 18.8 Å². The fourth-order valence-electron chi connectivity index (χ4n) is 5.78. The van der Waals surface area contributed by atoms with Crippen LogP contribution >= 0.6 is 0 Å². The standard InChI is InChI=1S/C32H50N2/c1-4-6-7-8-9-10-11-12-14-28-19-22-30(23-20-28)31-25-33-32(34-26(31)3)24-21-29-17-15-27(13-5-2)16-18-29/h19-20,22-23,25,27,29H,4-18,21,24H2,1-3H3. The van der Waals surface area contributed by atoms with Crippen molar-refractivity contribution >= 4 is 0 Å². The van der Waals surface area contributed by atoms with Gasteiger partial charge < -0.3 is 0 Å². The Hall–Kier alpha value is -1.70. The van der Waals surface area contributed by atoms with Gasteiger partial charge in [-0.05, 0) is 49.1 Å². The maximum absolute atomic E-state index is 4.89. The first-order chi connectivity index (χ1) is 16.7. The van der Waals surface area contributed by atoms with E-state index in [-0.39, 0.29) is 0 Å². The molecule has 0 aliphatic heterocycles. The van der Waals surface area contributed by atoms with Crippen molar-refractivity contribution in [2.45, 2.75) is 130 Å². The molecule has 1 saturated carbocycles. The first kappa shape index (κ1) is 26.9. The van der Waals surface area contributed by atoms with Crippen LogP contribution in [-0.4, -0.2) is 9.97 Å². The monoisotopic (exact) mass is 462 g/mol. The third-order valence-corrected chi connectivity index (χ3v) is 8.05. The van der Waals surface area contributed by atoms with Gasteiger partial charge >= 0.3 is 0 Å². The molecule has 34 heavy (non-hydrogen) atoms. The van der Waals surface area contributed by atoms with Crippen molar-refractivity contribution in [1.82, 2.24) is 9.97 Å². The zero-order valence-electron chi connectivity index (χ0n) is 22.5. The van der Waals surface area contributed by atoms with E-state index in [9.17, 15) is 0 Å². The Morgan fingerprint density at radius 2 is 1.32 bits per heavy atom. The average Bonchev–Trinajstić information content (AvgIpc) is 2.86. The van der Waals surface area contributed by atoms with E-state index in [0.717, 1.165) is 29.8 Å². The number of aryl methyl sites for hydroxylation is 3. The predicted molar refractivity (Wildman–Crippen MR) is 147 cm³/mol. The van der Waals surface area contributed by atoms with E-state index in [1.165, 1.54) is 119 Å². The Morgan fingerprint density at radius 3 is 1.94 bits per heavy atom. The molecule has 0 N–H and O–H groups in total. The lowest BCUT2D eigenvalue weighted by atomic mass is 9.78. The molecule has 0 bridgehead atoms. The summed E-state index contributed by atoms with van der Waals surface area (Å²) in [6, 6.07) is 9.14. The molecule has 0 radical (unpaired) electrons. The smallest absolute Gasteiger partial charge is 0.128 e. The van der Waals surface area contributed by atoms with E-state index >= 15 is 0 Å². The third-order valence-electron chi connectivity index (χ3n) is 8.05. The summed E-state index contributed by atoms with van der Waals surface area (Å²) < 4.78 is 0. The van der Waals surface area contributed by atoms with Crippen LogP contribution in [0.4, 0.5) is 0 Å². The summed E-state index contributed by atoms with van der Waals surface area (Å²) in [6.07, 6.45) is 25.1. The van der Waals surface area contributed by atoms with Crippen LogP contribution in [0.1, 0.15) is 127 Å². The van der Waals surface area contributed by atoms with Gasteiger partial charge in [0, 0.05) is 23.9 Å². The number of rotatable bonds is 15. The molecule has 1 fully saturated rings. The van der Waals surface area contributed by atoms with Crippen LogP contribution in [0.5, 0.6) is 0 Å². The summed E-state index contributed by atoms with van der Waals surface area (Å²) in [6.45, 7) is 6.75. The van der Waals surface area contributed by atoms with Crippen LogP contribution in [0.3, 0.4) is 0 Å². The van der Waals surface area contributed by atoms with Crippen LogP contribution in [0.15, 0.2) is 30.5 Å². The molecule has 0 spiro atoms. The van der Waals surface area contributed by atoms with Gasteiger partial charge in [0.25, 0.3) is 0 Å². The van der Waals surface area contributed by atoms with Gasteiger partial charge in [-0.2, -0.15) is 0 Å². The first-order valence-corrected chi connectivity index (χ1v) is 14.6. The molecule has 1 aromatic heterocycles. The van der Waals surface area contributed by atoms with Gasteiger partial charge in [0.2, 0.25) is 0 Å². The molecule has 2 heteroatoms. The molecule has 3 rings (SSSR count). The molecular formula is C32H50N2. The van der Waals surface area contributed by atoms with E-state index in [1.807, 2.05) is 0 Å². The highest BCUT2D eigenvalue weighted by Crippen LogP contribution is 2.33. The number of hydrogen-bond acceptors (Lipinski definition) is 2. The van der Waals surface area contributed by atoms with Crippen molar-refractivity contribution in [1.29, 1.82) is 0 Å². The van der Waals surface area contributed by atoms with Crippen molar-refractivity contribution in [2.24, 2.45) is 11.8 Å². The van der Waals surface area contributed by atoms with E-state index in [0.29, 0.717) is 0 Å². The SMILES string of the molecule is CCCCCCCCCCc1ccc(-c2cnc(CCC3CCC(CCC)CC3)nc2C)cc1. The van der Waals surface area contributed by atoms with Crippen LogP contribution in [0.2, 0.25) is 0 Å². The summed E-state index contributed by atoms with van der Waals surface area (Å²) in [4.78, 5) is 9.64. The molecule has 2 nitrogen and oxygen atoms in total. The Labute approximate surface area is 210 Å². The largest absolute Gasteiger partial charge is 0.241 e. The van der Waals surface area contributed by atoms with E-state index in [1.54, 1.807) is 0 Å². The minimum Gasteiger partial charge on any atom is -0.241 e. The number of aromatic nitrogens is 2. The summed E-state index contributed by atoms with van der Waals surface area (Å²) in [5.74, 6) is 2.90. The zero-order valence-corrected chi connectivity index (χ0v) is 22.5. The average molecular weight is 463 g/mol. The topological polar surface area (TPSA) is 25.8 Å². The van der Waals surface area contributed by atoms with Gasteiger partial charge in [-0.25, -0.2) is 9.97 Å². The second-order valence-electron chi connectivity index (χ2n) is 10.9.